The van der Waals surface area contributed by atoms with Gasteiger partial charge in [0, 0.05) is 25.7 Å². The molecule has 3 N–H and O–H groups in total. The molecule has 0 rings (SSSR count). The average Bonchev–Trinajstić information content (AvgIpc) is 0.918. The highest BCUT2D eigenvalue weighted by molar-refractivity contribution is 7.47. The van der Waals surface area contributed by atoms with Crippen LogP contribution in [0.3, 0.4) is 0 Å². The predicted octanol–water partition coefficient (Wildman–Crippen LogP) is 24.3. The smallest absolute Gasteiger partial charge is 0.462 e. The van der Waals surface area contributed by atoms with Gasteiger partial charge in [-0.15, -0.1) is 0 Å². The lowest BCUT2D eigenvalue weighted by Gasteiger charge is -2.21. The minimum Gasteiger partial charge on any atom is -0.462 e. The number of esters is 4. The fraction of sp³-hybridized carbons (Fsp3) is 0.951. The van der Waals surface area contributed by atoms with Crippen molar-refractivity contribution in [2.75, 3.05) is 39.6 Å². The normalized spacial score (nSPS) is 14.2. The topological polar surface area (TPSA) is 237 Å². The van der Waals surface area contributed by atoms with Gasteiger partial charge >= 0.3 is 39.5 Å². The van der Waals surface area contributed by atoms with Crippen LogP contribution in [0, 0.1) is 11.8 Å². The third-order valence-corrected chi connectivity index (χ3v) is 21.2. The Kier molecular flexibility index (Phi) is 71.2. The average molecular weight is 1470 g/mol. The lowest BCUT2D eigenvalue weighted by molar-refractivity contribution is -0.161. The summed E-state index contributed by atoms with van der Waals surface area (Å²) in [6.45, 7) is 9.61. The number of aliphatic hydroxyl groups is 1. The highest BCUT2D eigenvalue weighted by Crippen LogP contribution is 2.45. The first-order valence-corrected chi connectivity index (χ1v) is 45.0. The van der Waals surface area contributed by atoms with Gasteiger partial charge in [-0.05, 0) is 37.5 Å². The number of ether oxygens (including phenoxy) is 4. The molecule has 0 saturated heterocycles. The summed E-state index contributed by atoms with van der Waals surface area (Å²) in [6.07, 6.45) is 62.5. The van der Waals surface area contributed by atoms with Crippen LogP contribution in [0.5, 0.6) is 0 Å². The van der Waals surface area contributed by atoms with Crippen LogP contribution >= 0.6 is 15.6 Å². The van der Waals surface area contributed by atoms with E-state index < -0.39 is 97.5 Å². The van der Waals surface area contributed by atoms with E-state index in [0.29, 0.717) is 31.6 Å². The van der Waals surface area contributed by atoms with Crippen LogP contribution in [0.15, 0.2) is 0 Å². The molecule has 0 heterocycles. The molecule has 0 saturated carbocycles. The Labute approximate surface area is 613 Å². The summed E-state index contributed by atoms with van der Waals surface area (Å²) in [4.78, 5) is 73.0. The molecule has 3 unspecified atom stereocenters. The van der Waals surface area contributed by atoms with Crippen molar-refractivity contribution < 1.29 is 80.2 Å². The van der Waals surface area contributed by atoms with Crippen molar-refractivity contribution in [3.05, 3.63) is 0 Å². The minimum absolute atomic E-state index is 0.107. The fourth-order valence-electron chi connectivity index (χ4n) is 12.5. The van der Waals surface area contributed by atoms with Gasteiger partial charge in [-0.2, -0.15) is 0 Å². The monoisotopic (exact) mass is 1470 g/mol. The third-order valence-electron chi connectivity index (χ3n) is 19.3. The van der Waals surface area contributed by atoms with Gasteiger partial charge in [0.25, 0.3) is 0 Å². The lowest BCUT2D eigenvalue weighted by atomic mass is 9.99. The summed E-state index contributed by atoms with van der Waals surface area (Å²) in [5.74, 6) is -0.584. The minimum atomic E-state index is -4.96. The number of rotatable bonds is 80. The molecule has 0 aliphatic rings. The third kappa shape index (κ3) is 73.0. The molecule has 17 nitrogen and oxygen atoms in total. The van der Waals surface area contributed by atoms with Crippen molar-refractivity contribution in [2.24, 2.45) is 11.8 Å². The van der Waals surface area contributed by atoms with Crippen LogP contribution in [0.25, 0.3) is 0 Å². The number of hydrogen-bond acceptors (Lipinski definition) is 15. The van der Waals surface area contributed by atoms with E-state index in [2.05, 4.69) is 41.5 Å². The number of aliphatic hydroxyl groups excluding tert-OH is 1. The Morgan fingerprint density at radius 3 is 0.760 bits per heavy atom. The molecule has 6 atom stereocenters. The van der Waals surface area contributed by atoms with E-state index in [1.165, 1.54) is 238 Å². The largest absolute Gasteiger partial charge is 0.472 e. The molecule has 0 aromatic rings. The van der Waals surface area contributed by atoms with E-state index in [9.17, 15) is 43.2 Å². The number of carbonyl (C=O) groups excluding carboxylic acids is 4. The highest BCUT2D eigenvalue weighted by Gasteiger charge is 2.30. The number of carbonyl (C=O) groups is 4. The second kappa shape index (κ2) is 72.6. The summed E-state index contributed by atoms with van der Waals surface area (Å²) in [5.41, 5.74) is 0. The van der Waals surface area contributed by atoms with Crippen molar-refractivity contribution in [3.8, 4) is 0 Å². The number of hydrogen-bond donors (Lipinski definition) is 3. The van der Waals surface area contributed by atoms with Crippen LogP contribution in [-0.4, -0.2) is 96.7 Å². The maximum absolute atomic E-state index is 13.1. The zero-order valence-corrected chi connectivity index (χ0v) is 67.3. The number of phosphoric ester groups is 2. The highest BCUT2D eigenvalue weighted by atomic mass is 31.2. The van der Waals surface area contributed by atoms with E-state index in [1.54, 1.807) is 0 Å². The maximum atomic E-state index is 13.1. The summed E-state index contributed by atoms with van der Waals surface area (Å²) in [5, 5.41) is 10.6. The predicted molar refractivity (Wildman–Crippen MR) is 409 cm³/mol. The molecule has 0 radical (unpaired) electrons. The van der Waals surface area contributed by atoms with Gasteiger partial charge in [-0.3, -0.25) is 37.3 Å². The molecule has 19 heteroatoms. The van der Waals surface area contributed by atoms with Crippen molar-refractivity contribution in [2.45, 2.75) is 445 Å². The molecule has 0 spiro atoms. The van der Waals surface area contributed by atoms with Gasteiger partial charge in [0.1, 0.15) is 19.3 Å². The Morgan fingerprint density at radius 2 is 0.510 bits per heavy atom. The lowest BCUT2D eigenvalue weighted by Crippen LogP contribution is -2.30. The number of phosphoric acid groups is 2. The number of unbranched alkanes of at least 4 members (excludes halogenated alkanes) is 49. The molecule has 594 valence electrons. The fourth-order valence-corrected chi connectivity index (χ4v) is 14.1. The van der Waals surface area contributed by atoms with Crippen LogP contribution in [-0.2, 0) is 65.4 Å². The summed E-state index contributed by atoms with van der Waals surface area (Å²) < 4.78 is 68.7. The first-order valence-electron chi connectivity index (χ1n) is 42.0. The second-order valence-corrected chi connectivity index (χ2v) is 32.8. The van der Waals surface area contributed by atoms with Crippen molar-refractivity contribution >= 4 is 39.5 Å². The van der Waals surface area contributed by atoms with E-state index in [4.69, 9.17) is 37.0 Å². The standard InChI is InChI=1S/C81H158O17P2/c1-7-10-12-14-16-18-20-22-24-26-28-32-36-40-44-51-57-63-78(83)91-69-76(97-80(85)65-60-54-46-42-38-34-30-29-31-35-39-43-50-56-62-74(6)9-3)71-95-99(87,88)93-67-75(82)68-94-100(89,90)96-72-77(70-92-79(84)64-58-52-48-47-49-55-61-73(4)5)98-81(86)66-59-53-45-41-37-33-27-25-23-21-19-17-15-13-11-8-2/h73-77,82H,7-72H2,1-6H3,(H,87,88)(H,89,90)/t74?,75-,76-,77-/m1/s1. The molecule has 0 fully saturated rings. The summed E-state index contributed by atoms with van der Waals surface area (Å²) in [7, 11) is -9.92. The van der Waals surface area contributed by atoms with Crippen molar-refractivity contribution in [1.29, 1.82) is 0 Å². The van der Waals surface area contributed by atoms with Crippen LogP contribution in [0.2, 0.25) is 0 Å². The summed E-state index contributed by atoms with van der Waals surface area (Å²) in [6, 6.07) is 0. The SMILES string of the molecule is CCCCCCCCCCCCCCCCCCCC(=O)OC[C@H](COP(=O)(O)OC[C@@H](O)COP(=O)(O)OC[C@@H](COC(=O)CCCCCCCCC(C)C)OC(=O)CCCCCCCCCCCCCCCCCC)OC(=O)CCCCCCCCCCCCCCCCC(C)CC. The van der Waals surface area contributed by atoms with Crippen LogP contribution in [0.4, 0.5) is 0 Å². The molecule has 0 aliphatic carbocycles. The molecule has 100 heavy (non-hydrogen) atoms. The molecule has 0 aromatic carbocycles. The van der Waals surface area contributed by atoms with Crippen molar-refractivity contribution in [3.63, 3.8) is 0 Å². The zero-order chi connectivity index (χ0) is 73.5. The van der Waals surface area contributed by atoms with Crippen LogP contribution in [0.1, 0.15) is 427 Å². The van der Waals surface area contributed by atoms with E-state index in [1.807, 2.05) is 0 Å². The Bertz CT molecular complexity index is 1930. The molecule has 0 aromatic heterocycles. The van der Waals surface area contributed by atoms with Gasteiger partial charge in [0.05, 0.1) is 26.4 Å². The zero-order valence-electron chi connectivity index (χ0n) is 65.5. The van der Waals surface area contributed by atoms with Gasteiger partial charge in [-0.25, -0.2) is 9.13 Å². The van der Waals surface area contributed by atoms with Crippen molar-refractivity contribution in [1.82, 2.24) is 0 Å². The van der Waals surface area contributed by atoms with Gasteiger partial charge in [0.2, 0.25) is 0 Å². The first-order chi connectivity index (χ1) is 48.4. The Morgan fingerprint density at radius 1 is 0.290 bits per heavy atom. The quantitative estimate of drug-likeness (QED) is 0.0222. The summed E-state index contributed by atoms with van der Waals surface area (Å²) >= 11 is 0. The first kappa shape index (κ1) is 98.1. The molecular formula is C81H158O17P2. The Balaban J connectivity index is 5.23. The maximum Gasteiger partial charge on any atom is 0.472 e. The van der Waals surface area contributed by atoms with E-state index in [-0.39, 0.29) is 25.7 Å². The molecule has 0 amide bonds. The van der Waals surface area contributed by atoms with E-state index >= 15 is 0 Å². The van der Waals surface area contributed by atoms with Gasteiger partial charge in [-0.1, -0.05) is 375 Å². The van der Waals surface area contributed by atoms with Gasteiger partial charge in [0.15, 0.2) is 12.2 Å². The molecular weight excluding hydrogens is 1310 g/mol. The molecule has 0 bridgehead atoms. The van der Waals surface area contributed by atoms with Gasteiger partial charge < -0.3 is 33.8 Å². The molecule has 0 aliphatic heterocycles. The van der Waals surface area contributed by atoms with E-state index in [0.717, 1.165) is 102 Å². The van der Waals surface area contributed by atoms with Crippen LogP contribution < -0.4 is 0 Å². The Hall–Kier alpha value is -1.94. The second-order valence-electron chi connectivity index (χ2n) is 29.9.